The summed E-state index contributed by atoms with van der Waals surface area (Å²) in [5, 5.41) is 10.5. The van der Waals surface area contributed by atoms with Gasteiger partial charge in [-0.25, -0.2) is 0 Å². The largest absolute Gasteiger partial charge is 0.506 e. The molecule has 62 valence electrons. The third-order valence-electron chi connectivity index (χ3n) is 1.82. The van der Waals surface area contributed by atoms with Crippen molar-refractivity contribution >= 4 is 21.4 Å². The summed E-state index contributed by atoms with van der Waals surface area (Å²) in [7, 11) is 0. The van der Waals surface area contributed by atoms with Crippen molar-refractivity contribution in [3.8, 4) is 5.75 Å². The molecule has 1 heterocycles. The number of fused-ring (bicyclic) bond motifs is 1. The van der Waals surface area contributed by atoms with E-state index in [2.05, 4.69) is 0 Å². The van der Waals surface area contributed by atoms with E-state index in [4.69, 9.17) is 5.73 Å². The molecule has 0 radical (unpaired) electrons. The molecule has 3 heteroatoms. The molecule has 0 spiro atoms. The van der Waals surface area contributed by atoms with Crippen molar-refractivity contribution in [3.05, 3.63) is 29.1 Å². The molecule has 0 fully saturated rings. The minimum absolute atomic E-state index is 0.345. The van der Waals surface area contributed by atoms with Crippen molar-refractivity contribution in [3.63, 3.8) is 0 Å². The molecule has 0 atom stereocenters. The lowest BCUT2D eigenvalue weighted by atomic mass is 10.2. The molecule has 0 saturated carbocycles. The molecule has 2 aromatic rings. The zero-order chi connectivity index (χ0) is 8.55. The van der Waals surface area contributed by atoms with E-state index in [0.29, 0.717) is 12.3 Å². The molecular formula is C9H9NOS. The number of nitrogens with two attached hydrogens (primary N) is 1. The Kier molecular flexibility index (Phi) is 1.75. The number of hydrogen-bond acceptors (Lipinski definition) is 3. The van der Waals surface area contributed by atoms with Gasteiger partial charge in [0.05, 0.1) is 4.88 Å². The average molecular weight is 179 g/mol. The Labute approximate surface area is 74.3 Å². The lowest BCUT2D eigenvalue weighted by molar-refractivity contribution is 0.478. The van der Waals surface area contributed by atoms with Crippen LogP contribution in [0.4, 0.5) is 0 Å². The van der Waals surface area contributed by atoms with Crippen LogP contribution in [0.1, 0.15) is 4.88 Å². The van der Waals surface area contributed by atoms with Crippen molar-refractivity contribution < 1.29 is 5.11 Å². The predicted octanol–water partition coefficient (Wildman–Crippen LogP) is 2.07. The van der Waals surface area contributed by atoms with E-state index in [1.807, 2.05) is 24.3 Å². The first kappa shape index (κ1) is 7.58. The maximum Gasteiger partial charge on any atom is 0.138 e. The van der Waals surface area contributed by atoms with Gasteiger partial charge in [-0.15, -0.1) is 11.3 Å². The standard InChI is InChI=1S/C9H9NOS/c10-5-8-9(11)6-3-1-2-4-7(6)12-8/h1-4,11H,5,10H2. The molecule has 2 nitrogen and oxygen atoms in total. The van der Waals surface area contributed by atoms with Gasteiger partial charge in [-0.2, -0.15) is 0 Å². The minimum Gasteiger partial charge on any atom is -0.506 e. The van der Waals surface area contributed by atoms with Crippen molar-refractivity contribution in [2.24, 2.45) is 5.73 Å². The van der Waals surface area contributed by atoms with Gasteiger partial charge in [0.2, 0.25) is 0 Å². The highest BCUT2D eigenvalue weighted by Gasteiger charge is 2.07. The van der Waals surface area contributed by atoms with Crippen molar-refractivity contribution in [1.82, 2.24) is 0 Å². The molecule has 3 N–H and O–H groups in total. The highest BCUT2D eigenvalue weighted by atomic mass is 32.1. The van der Waals surface area contributed by atoms with E-state index < -0.39 is 0 Å². The fraction of sp³-hybridized carbons (Fsp3) is 0.111. The van der Waals surface area contributed by atoms with Gasteiger partial charge in [0, 0.05) is 16.6 Å². The van der Waals surface area contributed by atoms with E-state index in [-0.39, 0.29) is 0 Å². The molecule has 0 aliphatic heterocycles. The van der Waals surface area contributed by atoms with Crippen LogP contribution in [-0.2, 0) is 6.54 Å². The summed E-state index contributed by atoms with van der Waals surface area (Å²) in [6.45, 7) is 0.408. The van der Waals surface area contributed by atoms with Crippen LogP contribution in [0.2, 0.25) is 0 Å². The third kappa shape index (κ3) is 0.983. The Morgan fingerprint density at radius 2 is 2.08 bits per heavy atom. The Balaban J connectivity index is 2.78. The number of thiophene rings is 1. The van der Waals surface area contributed by atoms with Gasteiger partial charge in [-0.3, -0.25) is 0 Å². The Morgan fingerprint density at radius 3 is 2.75 bits per heavy atom. The van der Waals surface area contributed by atoms with Gasteiger partial charge in [-0.1, -0.05) is 12.1 Å². The highest BCUT2D eigenvalue weighted by molar-refractivity contribution is 7.19. The van der Waals surface area contributed by atoms with Gasteiger partial charge < -0.3 is 10.8 Å². The molecule has 1 aromatic heterocycles. The predicted molar refractivity (Wildman–Crippen MR) is 51.4 cm³/mol. The smallest absolute Gasteiger partial charge is 0.138 e. The third-order valence-corrected chi connectivity index (χ3v) is 3.01. The molecule has 0 unspecified atom stereocenters. The van der Waals surface area contributed by atoms with E-state index in [1.54, 1.807) is 11.3 Å². The summed E-state index contributed by atoms with van der Waals surface area (Å²) in [4.78, 5) is 0.858. The summed E-state index contributed by atoms with van der Waals surface area (Å²) in [5.74, 6) is 0.345. The van der Waals surface area contributed by atoms with Crippen LogP contribution in [0, 0.1) is 0 Å². The van der Waals surface area contributed by atoms with Crippen molar-refractivity contribution in [2.45, 2.75) is 6.54 Å². The molecule has 12 heavy (non-hydrogen) atoms. The van der Waals surface area contributed by atoms with Crippen LogP contribution in [0.15, 0.2) is 24.3 Å². The SMILES string of the molecule is NCc1sc2ccccc2c1O. The van der Waals surface area contributed by atoms with Gasteiger partial charge in [0.25, 0.3) is 0 Å². The summed E-state index contributed by atoms with van der Waals surface area (Å²) in [6.07, 6.45) is 0. The zero-order valence-electron chi connectivity index (χ0n) is 6.45. The summed E-state index contributed by atoms with van der Waals surface area (Å²) >= 11 is 1.55. The van der Waals surface area contributed by atoms with E-state index in [9.17, 15) is 5.11 Å². The Hall–Kier alpha value is -1.06. The van der Waals surface area contributed by atoms with E-state index in [1.165, 1.54) is 0 Å². The van der Waals surface area contributed by atoms with Crippen LogP contribution in [-0.4, -0.2) is 5.11 Å². The number of rotatable bonds is 1. The molecule has 0 saturated heterocycles. The topological polar surface area (TPSA) is 46.2 Å². The molecular weight excluding hydrogens is 170 g/mol. The first-order valence-electron chi connectivity index (χ1n) is 3.72. The van der Waals surface area contributed by atoms with Crippen molar-refractivity contribution in [1.29, 1.82) is 0 Å². The van der Waals surface area contributed by atoms with Crippen LogP contribution < -0.4 is 5.73 Å². The van der Waals surface area contributed by atoms with Gasteiger partial charge >= 0.3 is 0 Å². The molecule has 0 bridgehead atoms. The normalized spacial score (nSPS) is 10.8. The van der Waals surface area contributed by atoms with Crippen LogP contribution >= 0.6 is 11.3 Å². The van der Waals surface area contributed by atoms with Crippen LogP contribution in [0.3, 0.4) is 0 Å². The number of benzene rings is 1. The van der Waals surface area contributed by atoms with E-state index in [0.717, 1.165) is 15.0 Å². The molecule has 1 aromatic carbocycles. The highest BCUT2D eigenvalue weighted by Crippen LogP contribution is 2.35. The van der Waals surface area contributed by atoms with Crippen LogP contribution in [0.25, 0.3) is 10.1 Å². The monoisotopic (exact) mass is 179 g/mol. The van der Waals surface area contributed by atoms with Crippen molar-refractivity contribution in [2.75, 3.05) is 0 Å². The summed E-state index contributed by atoms with van der Waals surface area (Å²) < 4.78 is 1.09. The molecule has 2 rings (SSSR count). The van der Waals surface area contributed by atoms with Gasteiger partial charge in [-0.05, 0) is 12.1 Å². The van der Waals surface area contributed by atoms with E-state index >= 15 is 0 Å². The molecule has 0 amide bonds. The number of hydrogen-bond donors (Lipinski definition) is 2. The zero-order valence-corrected chi connectivity index (χ0v) is 7.27. The Bertz CT molecular complexity index is 408. The maximum atomic E-state index is 9.62. The second-order valence-corrected chi connectivity index (χ2v) is 3.71. The first-order chi connectivity index (χ1) is 5.83. The molecule has 0 aliphatic carbocycles. The second kappa shape index (κ2) is 2.77. The first-order valence-corrected chi connectivity index (χ1v) is 4.54. The summed E-state index contributed by atoms with van der Waals surface area (Å²) in [5.41, 5.74) is 5.46. The molecule has 0 aliphatic rings. The van der Waals surface area contributed by atoms with Gasteiger partial charge in [0.15, 0.2) is 0 Å². The summed E-state index contributed by atoms with van der Waals surface area (Å²) in [6, 6.07) is 7.76. The lowest BCUT2D eigenvalue weighted by Gasteiger charge is -1.90. The fourth-order valence-electron chi connectivity index (χ4n) is 1.22. The quantitative estimate of drug-likeness (QED) is 0.704. The van der Waals surface area contributed by atoms with Gasteiger partial charge in [0.1, 0.15) is 5.75 Å². The maximum absolute atomic E-state index is 9.62. The lowest BCUT2D eigenvalue weighted by Crippen LogP contribution is -1.91. The average Bonchev–Trinajstić information content (AvgIpc) is 2.44. The fourth-order valence-corrected chi connectivity index (χ4v) is 2.20. The van der Waals surface area contributed by atoms with Crippen LogP contribution in [0.5, 0.6) is 5.75 Å². The Morgan fingerprint density at radius 1 is 1.33 bits per heavy atom. The second-order valence-electron chi connectivity index (χ2n) is 2.57. The minimum atomic E-state index is 0.345. The number of aromatic hydroxyl groups is 1.